The second-order valence-electron chi connectivity index (χ2n) is 7.31. The SMILES string of the molecule is COC(=O)N1CCc2cc(/C=C/c3ccc4cc(/C(N)=N/O)ccc4c3)ccc2C1. The maximum atomic E-state index is 11.7. The topological polar surface area (TPSA) is 88.2 Å². The normalized spacial score (nSPS) is 14.2. The van der Waals surface area contributed by atoms with Gasteiger partial charge in [0.1, 0.15) is 0 Å². The van der Waals surface area contributed by atoms with E-state index in [4.69, 9.17) is 15.7 Å². The Labute approximate surface area is 174 Å². The van der Waals surface area contributed by atoms with Crippen molar-refractivity contribution >= 4 is 34.9 Å². The van der Waals surface area contributed by atoms with Crippen LogP contribution in [0, 0.1) is 0 Å². The van der Waals surface area contributed by atoms with E-state index in [1.54, 1.807) is 4.90 Å². The minimum absolute atomic E-state index is 0.1000. The molecule has 0 bridgehead atoms. The Bertz CT molecular complexity index is 1170. The molecule has 1 amide bonds. The fourth-order valence-corrected chi connectivity index (χ4v) is 3.74. The molecule has 1 aliphatic heterocycles. The van der Waals surface area contributed by atoms with Crippen LogP contribution in [0.25, 0.3) is 22.9 Å². The number of oxime groups is 1. The molecule has 3 aromatic carbocycles. The molecule has 0 atom stereocenters. The second-order valence-corrected chi connectivity index (χ2v) is 7.31. The molecule has 6 nitrogen and oxygen atoms in total. The number of fused-ring (bicyclic) bond motifs is 2. The van der Waals surface area contributed by atoms with Gasteiger partial charge >= 0.3 is 6.09 Å². The van der Waals surface area contributed by atoms with Crippen LogP contribution in [0.4, 0.5) is 4.79 Å². The van der Waals surface area contributed by atoms with Gasteiger partial charge in [-0.1, -0.05) is 59.8 Å². The van der Waals surface area contributed by atoms with Crippen LogP contribution in [0.15, 0.2) is 59.8 Å². The molecule has 0 saturated carbocycles. The fraction of sp³-hybridized carbons (Fsp3) is 0.167. The summed E-state index contributed by atoms with van der Waals surface area (Å²) in [5.41, 5.74) is 11.0. The fourth-order valence-electron chi connectivity index (χ4n) is 3.74. The molecule has 0 saturated heterocycles. The highest BCUT2D eigenvalue weighted by Crippen LogP contribution is 2.23. The van der Waals surface area contributed by atoms with Crippen LogP contribution in [-0.2, 0) is 17.7 Å². The van der Waals surface area contributed by atoms with Crippen molar-refractivity contribution in [3.05, 3.63) is 82.4 Å². The maximum absolute atomic E-state index is 11.7. The van der Waals surface area contributed by atoms with Crippen LogP contribution in [-0.4, -0.2) is 35.7 Å². The number of benzene rings is 3. The van der Waals surface area contributed by atoms with Crippen molar-refractivity contribution in [2.45, 2.75) is 13.0 Å². The van der Waals surface area contributed by atoms with Crippen LogP contribution in [0.5, 0.6) is 0 Å². The molecule has 0 aromatic heterocycles. The number of methoxy groups -OCH3 is 1. The van der Waals surface area contributed by atoms with Crippen molar-refractivity contribution in [1.29, 1.82) is 0 Å². The summed E-state index contributed by atoms with van der Waals surface area (Å²) in [4.78, 5) is 13.5. The first-order valence-corrected chi connectivity index (χ1v) is 9.72. The first-order chi connectivity index (χ1) is 14.6. The molecule has 6 heteroatoms. The van der Waals surface area contributed by atoms with E-state index in [1.807, 2.05) is 30.3 Å². The molecule has 1 aliphatic rings. The predicted octanol–water partition coefficient (Wildman–Crippen LogP) is 4.23. The molecule has 30 heavy (non-hydrogen) atoms. The molecule has 0 unspecified atom stereocenters. The number of hydrogen-bond acceptors (Lipinski definition) is 4. The lowest BCUT2D eigenvalue weighted by Crippen LogP contribution is -2.35. The van der Waals surface area contributed by atoms with Crippen molar-refractivity contribution < 1.29 is 14.7 Å². The largest absolute Gasteiger partial charge is 0.453 e. The van der Waals surface area contributed by atoms with Gasteiger partial charge in [0.15, 0.2) is 5.84 Å². The summed E-state index contributed by atoms with van der Waals surface area (Å²) >= 11 is 0. The van der Waals surface area contributed by atoms with Crippen LogP contribution < -0.4 is 5.73 Å². The number of carbonyl (C=O) groups excluding carboxylic acids is 1. The van der Waals surface area contributed by atoms with E-state index in [-0.39, 0.29) is 11.9 Å². The van der Waals surface area contributed by atoms with Crippen molar-refractivity contribution in [1.82, 2.24) is 4.90 Å². The Morgan fingerprint density at radius 3 is 2.50 bits per heavy atom. The molecular weight excluding hydrogens is 378 g/mol. The lowest BCUT2D eigenvalue weighted by atomic mass is 9.97. The van der Waals surface area contributed by atoms with Gasteiger partial charge < -0.3 is 20.6 Å². The van der Waals surface area contributed by atoms with Crippen molar-refractivity contribution in [3.8, 4) is 0 Å². The Hall–Kier alpha value is -3.80. The van der Waals surface area contributed by atoms with Crippen LogP contribution in [0.2, 0.25) is 0 Å². The number of nitrogens with two attached hydrogens (primary N) is 1. The summed E-state index contributed by atoms with van der Waals surface area (Å²) in [6, 6.07) is 18.2. The zero-order valence-electron chi connectivity index (χ0n) is 16.7. The summed E-state index contributed by atoms with van der Waals surface area (Å²) in [5.74, 6) is 0.1000. The van der Waals surface area contributed by atoms with Crippen molar-refractivity contribution in [2.75, 3.05) is 13.7 Å². The molecule has 3 aromatic rings. The third kappa shape index (κ3) is 3.98. The highest BCUT2D eigenvalue weighted by molar-refractivity contribution is 6.01. The summed E-state index contributed by atoms with van der Waals surface area (Å²) in [5, 5.41) is 14.0. The molecular formula is C24H23N3O3. The molecule has 1 heterocycles. The summed E-state index contributed by atoms with van der Waals surface area (Å²) in [6.45, 7) is 1.26. The first-order valence-electron chi connectivity index (χ1n) is 9.72. The summed E-state index contributed by atoms with van der Waals surface area (Å²) in [7, 11) is 1.41. The van der Waals surface area contributed by atoms with Gasteiger partial charge in [0.2, 0.25) is 0 Å². The Morgan fingerprint density at radius 2 is 1.73 bits per heavy atom. The first kappa shape index (κ1) is 19.5. The van der Waals surface area contributed by atoms with E-state index in [1.165, 1.54) is 12.7 Å². The monoisotopic (exact) mass is 401 g/mol. The van der Waals surface area contributed by atoms with Crippen LogP contribution >= 0.6 is 0 Å². The number of hydrogen-bond donors (Lipinski definition) is 2. The Morgan fingerprint density at radius 1 is 1.03 bits per heavy atom. The molecule has 152 valence electrons. The smallest absolute Gasteiger partial charge is 0.409 e. The standard InChI is InChI=1S/C24H23N3O3/c1-30-24(28)27-11-10-20-13-17(5-7-22(20)15-27)3-2-16-4-6-19-14-21(23(25)26-29)9-8-18(19)12-16/h2-9,12-14,29H,10-11,15H2,1H3,(H2,25,26)/b3-2+. The molecule has 0 radical (unpaired) electrons. The van der Waals surface area contributed by atoms with Gasteiger partial charge in [-0.3, -0.25) is 0 Å². The van der Waals surface area contributed by atoms with Crippen LogP contribution in [0.1, 0.15) is 27.8 Å². The van der Waals surface area contributed by atoms with E-state index in [9.17, 15) is 4.79 Å². The minimum atomic E-state index is -0.278. The van der Waals surface area contributed by atoms with E-state index < -0.39 is 0 Å². The Kier molecular flexibility index (Phi) is 5.39. The zero-order valence-corrected chi connectivity index (χ0v) is 16.7. The Balaban J connectivity index is 1.52. The number of amidine groups is 1. The van der Waals surface area contributed by atoms with Gasteiger partial charge in [-0.25, -0.2) is 4.79 Å². The van der Waals surface area contributed by atoms with Gasteiger partial charge in [0.05, 0.1) is 7.11 Å². The number of carbonyl (C=O) groups is 1. The molecule has 0 fully saturated rings. The zero-order chi connectivity index (χ0) is 21.1. The molecule has 4 rings (SSSR count). The molecule has 0 aliphatic carbocycles. The number of rotatable bonds is 3. The summed E-state index contributed by atoms with van der Waals surface area (Å²) in [6.07, 6.45) is 4.73. The minimum Gasteiger partial charge on any atom is -0.453 e. The van der Waals surface area contributed by atoms with E-state index in [2.05, 4.69) is 41.6 Å². The third-order valence-electron chi connectivity index (χ3n) is 5.41. The van der Waals surface area contributed by atoms with Gasteiger partial charge in [0.25, 0.3) is 0 Å². The van der Waals surface area contributed by atoms with Gasteiger partial charge in [-0.15, -0.1) is 0 Å². The van der Waals surface area contributed by atoms with E-state index in [0.717, 1.165) is 33.9 Å². The lowest BCUT2D eigenvalue weighted by Gasteiger charge is -2.27. The average molecular weight is 401 g/mol. The van der Waals surface area contributed by atoms with Crippen LogP contribution in [0.3, 0.4) is 0 Å². The van der Waals surface area contributed by atoms with E-state index in [0.29, 0.717) is 18.7 Å². The van der Waals surface area contributed by atoms with Gasteiger partial charge in [-0.05, 0) is 51.6 Å². The quantitative estimate of drug-likeness (QED) is 0.226. The highest BCUT2D eigenvalue weighted by Gasteiger charge is 2.20. The van der Waals surface area contributed by atoms with Crippen molar-refractivity contribution in [2.24, 2.45) is 10.9 Å². The number of ether oxygens (including phenoxy) is 1. The summed E-state index contributed by atoms with van der Waals surface area (Å²) < 4.78 is 4.82. The van der Waals surface area contributed by atoms with Crippen molar-refractivity contribution in [3.63, 3.8) is 0 Å². The molecule has 0 spiro atoms. The third-order valence-corrected chi connectivity index (χ3v) is 5.41. The van der Waals surface area contributed by atoms with Gasteiger partial charge in [0, 0.05) is 18.7 Å². The number of nitrogens with zero attached hydrogens (tertiary/aromatic N) is 2. The number of amides is 1. The predicted molar refractivity (Wildman–Crippen MR) is 118 cm³/mol. The highest BCUT2D eigenvalue weighted by atomic mass is 16.5. The maximum Gasteiger partial charge on any atom is 0.409 e. The second kappa shape index (κ2) is 8.29. The molecule has 3 N–H and O–H groups in total. The average Bonchev–Trinajstić information content (AvgIpc) is 2.80. The lowest BCUT2D eigenvalue weighted by molar-refractivity contribution is 0.118. The van der Waals surface area contributed by atoms with E-state index >= 15 is 0 Å². The van der Waals surface area contributed by atoms with Gasteiger partial charge in [-0.2, -0.15) is 0 Å².